The number of halogens is 1. The summed E-state index contributed by atoms with van der Waals surface area (Å²) in [6, 6.07) is 15.0. The standard InChI is InChI=1S/C21H20ClN3O2/c1-14-4-2-5-16(12-14)21(26)25-11-3-6-17(13-25)20-23-19(24-27-20)15-7-9-18(22)10-8-15/h2,4-5,7-10,12,17H,3,6,11,13H2,1H3/t17-/m1/s1. The second kappa shape index (κ2) is 7.53. The van der Waals surface area contributed by atoms with Crippen LogP contribution in [0.5, 0.6) is 0 Å². The van der Waals surface area contributed by atoms with E-state index >= 15 is 0 Å². The summed E-state index contributed by atoms with van der Waals surface area (Å²) >= 11 is 5.93. The SMILES string of the molecule is Cc1cccc(C(=O)N2CCC[C@@H](c3nc(-c4ccc(Cl)cc4)no3)C2)c1. The van der Waals surface area contributed by atoms with Gasteiger partial charge in [0, 0.05) is 29.2 Å². The lowest BCUT2D eigenvalue weighted by atomic mass is 9.97. The molecule has 0 N–H and O–H groups in total. The molecule has 1 saturated heterocycles. The number of carbonyl (C=O) groups is 1. The second-order valence-electron chi connectivity index (χ2n) is 6.92. The van der Waals surface area contributed by atoms with Crippen molar-refractivity contribution in [1.82, 2.24) is 15.0 Å². The monoisotopic (exact) mass is 381 g/mol. The minimum Gasteiger partial charge on any atom is -0.339 e. The molecule has 4 rings (SSSR count). The van der Waals surface area contributed by atoms with E-state index < -0.39 is 0 Å². The maximum absolute atomic E-state index is 12.8. The first-order valence-corrected chi connectivity index (χ1v) is 9.43. The van der Waals surface area contributed by atoms with Gasteiger partial charge in [-0.25, -0.2) is 0 Å². The minimum absolute atomic E-state index is 0.0563. The third-order valence-electron chi connectivity index (χ3n) is 4.87. The highest BCUT2D eigenvalue weighted by Gasteiger charge is 2.29. The van der Waals surface area contributed by atoms with Crippen LogP contribution in [0.2, 0.25) is 5.02 Å². The highest BCUT2D eigenvalue weighted by molar-refractivity contribution is 6.30. The molecule has 1 aliphatic rings. The van der Waals surface area contributed by atoms with Crippen molar-refractivity contribution in [1.29, 1.82) is 0 Å². The zero-order valence-electron chi connectivity index (χ0n) is 15.1. The number of likely N-dealkylation sites (tertiary alicyclic amines) is 1. The van der Waals surface area contributed by atoms with Crippen molar-refractivity contribution in [2.75, 3.05) is 13.1 Å². The zero-order valence-corrected chi connectivity index (χ0v) is 15.8. The fraction of sp³-hybridized carbons (Fsp3) is 0.286. The Bertz CT molecular complexity index is 952. The molecule has 1 amide bonds. The van der Waals surface area contributed by atoms with Crippen LogP contribution >= 0.6 is 11.6 Å². The predicted octanol–water partition coefficient (Wildman–Crippen LogP) is 4.72. The van der Waals surface area contributed by atoms with Gasteiger partial charge in [-0.05, 0) is 56.2 Å². The van der Waals surface area contributed by atoms with Gasteiger partial charge in [-0.1, -0.05) is 34.5 Å². The van der Waals surface area contributed by atoms with Crippen LogP contribution in [0.25, 0.3) is 11.4 Å². The molecule has 1 atom stereocenters. The fourth-order valence-electron chi connectivity index (χ4n) is 3.44. The van der Waals surface area contributed by atoms with Gasteiger partial charge in [-0.2, -0.15) is 4.98 Å². The molecule has 0 bridgehead atoms. The summed E-state index contributed by atoms with van der Waals surface area (Å²) in [6.45, 7) is 3.34. The second-order valence-corrected chi connectivity index (χ2v) is 7.36. The van der Waals surface area contributed by atoms with E-state index in [1.807, 2.05) is 48.2 Å². The Hall–Kier alpha value is -2.66. The minimum atomic E-state index is 0.0563. The molecule has 27 heavy (non-hydrogen) atoms. The number of hydrogen-bond acceptors (Lipinski definition) is 4. The lowest BCUT2D eigenvalue weighted by Crippen LogP contribution is -2.39. The number of benzene rings is 2. The Kier molecular flexibility index (Phi) is 4.94. The van der Waals surface area contributed by atoms with Crippen molar-refractivity contribution >= 4 is 17.5 Å². The highest BCUT2D eigenvalue weighted by Crippen LogP contribution is 2.28. The molecular weight excluding hydrogens is 362 g/mol. The molecule has 6 heteroatoms. The van der Waals surface area contributed by atoms with Crippen LogP contribution in [-0.2, 0) is 0 Å². The summed E-state index contributed by atoms with van der Waals surface area (Å²) in [5, 5.41) is 4.77. The van der Waals surface area contributed by atoms with E-state index in [-0.39, 0.29) is 11.8 Å². The average Bonchev–Trinajstić information content (AvgIpc) is 3.18. The molecular formula is C21H20ClN3O2. The summed E-state index contributed by atoms with van der Waals surface area (Å²) in [5.41, 5.74) is 2.67. The molecule has 5 nitrogen and oxygen atoms in total. The van der Waals surface area contributed by atoms with Gasteiger partial charge in [0.1, 0.15) is 0 Å². The number of nitrogens with zero attached hydrogens (tertiary/aromatic N) is 3. The summed E-state index contributed by atoms with van der Waals surface area (Å²) < 4.78 is 5.51. The average molecular weight is 382 g/mol. The number of piperidine rings is 1. The molecule has 0 radical (unpaired) electrons. The van der Waals surface area contributed by atoms with Crippen LogP contribution in [0.3, 0.4) is 0 Å². The van der Waals surface area contributed by atoms with Crippen LogP contribution < -0.4 is 0 Å². The van der Waals surface area contributed by atoms with Crippen molar-refractivity contribution in [3.63, 3.8) is 0 Å². The van der Waals surface area contributed by atoms with Crippen LogP contribution in [-0.4, -0.2) is 34.0 Å². The van der Waals surface area contributed by atoms with Gasteiger partial charge in [-0.3, -0.25) is 4.79 Å². The van der Waals surface area contributed by atoms with Crippen LogP contribution in [0, 0.1) is 6.92 Å². The summed E-state index contributed by atoms with van der Waals surface area (Å²) in [5.74, 6) is 1.24. The first-order chi connectivity index (χ1) is 13.1. The molecule has 0 spiro atoms. The van der Waals surface area contributed by atoms with Crippen LogP contribution in [0.15, 0.2) is 53.1 Å². The molecule has 3 aromatic rings. The molecule has 2 aromatic carbocycles. The first-order valence-electron chi connectivity index (χ1n) is 9.05. The zero-order chi connectivity index (χ0) is 18.8. The lowest BCUT2D eigenvalue weighted by molar-refractivity contribution is 0.0695. The predicted molar refractivity (Wildman–Crippen MR) is 104 cm³/mol. The fourth-order valence-corrected chi connectivity index (χ4v) is 3.57. The number of aromatic nitrogens is 2. The van der Waals surface area contributed by atoms with E-state index in [1.165, 1.54) is 0 Å². The van der Waals surface area contributed by atoms with Gasteiger partial charge < -0.3 is 9.42 Å². The lowest BCUT2D eigenvalue weighted by Gasteiger charge is -2.31. The molecule has 1 aliphatic heterocycles. The van der Waals surface area contributed by atoms with E-state index in [9.17, 15) is 4.79 Å². The van der Waals surface area contributed by atoms with Crippen LogP contribution in [0.1, 0.15) is 40.6 Å². The smallest absolute Gasteiger partial charge is 0.253 e. The van der Waals surface area contributed by atoms with E-state index in [1.54, 1.807) is 12.1 Å². The largest absolute Gasteiger partial charge is 0.339 e. The van der Waals surface area contributed by atoms with Gasteiger partial charge in [0.25, 0.3) is 5.91 Å². The van der Waals surface area contributed by atoms with Gasteiger partial charge in [-0.15, -0.1) is 0 Å². The molecule has 0 unspecified atom stereocenters. The van der Waals surface area contributed by atoms with Gasteiger partial charge >= 0.3 is 0 Å². The summed E-state index contributed by atoms with van der Waals surface area (Å²) in [6.07, 6.45) is 1.85. The van der Waals surface area contributed by atoms with Gasteiger partial charge in [0.15, 0.2) is 0 Å². The van der Waals surface area contributed by atoms with Crippen molar-refractivity contribution in [3.05, 3.63) is 70.6 Å². The van der Waals surface area contributed by atoms with E-state index in [0.717, 1.165) is 36.1 Å². The Balaban J connectivity index is 1.50. The van der Waals surface area contributed by atoms with Crippen molar-refractivity contribution < 1.29 is 9.32 Å². The number of carbonyl (C=O) groups excluding carboxylic acids is 1. The molecule has 1 fully saturated rings. The van der Waals surface area contributed by atoms with E-state index in [4.69, 9.17) is 16.1 Å². The van der Waals surface area contributed by atoms with Crippen molar-refractivity contribution in [2.24, 2.45) is 0 Å². The number of aryl methyl sites for hydroxylation is 1. The Labute approximate surface area is 163 Å². The van der Waals surface area contributed by atoms with Gasteiger partial charge in [0.2, 0.25) is 11.7 Å². The van der Waals surface area contributed by atoms with E-state index in [0.29, 0.717) is 23.3 Å². The number of amides is 1. The summed E-state index contributed by atoms with van der Waals surface area (Å²) in [7, 11) is 0. The first kappa shape index (κ1) is 17.7. The third-order valence-corrected chi connectivity index (χ3v) is 5.12. The van der Waals surface area contributed by atoms with E-state index in [2.05, 4.69) is 10.1 Å². The Morgan fingerprint density at radius 1 is 1.22 bits per heavy atom. The van der Waals surface area contributed by atoms with Crippen LogP contribution in [0.4, 0.5) is 0 Å². The molecule has 0 saturated carbocycles. The molecule has 2 heterocycles. The Morgan fingerprint density at radius 2 is 2.04 bits per heavy atom. The Morgan fingerprint density at radius 3 is 2.81 bits per heavy atom. The maximum atomic E-state index is 12.8. The van der Waals surface area contributed by atoms with Crippen molar-refractivity contribution in [2.45, 2.75) is 25.7 Å². The topological polar surface area (TPSA) is 59.2 Å². The normalized spacial score (nSPS) is 17.1. The quantitative estimate of drug-likeness (QED) is 0.658. The number of hydrogen-bond donors (Lipinski definition) is 0. The van der Waals surface area contributed by atoms with Crippen molar-refractivity contribution in [3.8, 4) is 11.4 Å². The third kappa shape index (κ3) is 3.88. The highest BCUT2D eigenvalue weighted by atomic mass is 35.5. The number of rotatable bonds is 3. The molecule has 0 aliphatic carbocycles. The molecule has 1 aromatic heterocycles. The summed E-state index contributed by atoms with van der Waals surface area (Å²) in [4.78, 5) is 19.3. The van der Waals surface area contributed by atoms with Gasteiger partial charge in [0.05, 0.1) is 5.92 Å². The maximum Gasteiger partial charge on any atom is 0.253 e. The molecule has 138 valence electrons.